The van der Waals surface area contributed by atoms with Crippen LogP contribution in [-0.4, -0.2) is 60.0 Å². The fourth-order valence-electron chi connectivity index (χ4n) is 9.39. The first-order chi connectivity index (χ1) is 27.1. The smallest absolute Gasteiger partial charge is 0.433 e. The molecule has 3 aromatic carbocycles. The lowest BCUT2D eigenvalue weighted by Crippen LogP contribution is -2.53. The van der Waals surface area contributed by atoms with Gasteiger partial charge in [-0.15, -0.1) is 0 Å². The van der Waals surface area contributed by atoms with Gasteiger partial charge in [-0.05, 0) is 72.4 Å². The second-order valence-electron chi connectivity index (χ2n) is 14.4. The van der Waals surface area contributed by atoms with Crippen molar-refractivity contribution < 1.29 is 46.9 Å². The highest BCUT2D eigenvalue weighted by Crippen LogP contribution is 2.65. The van der Waals surface area contributed by atoms with Gasteiger partial charge in [0.15, 0.2) is 17.3 Å². The van der Waals surface area contributed by atoms with E-state index in [4.69, 9.17) is 32.7 Å². The predicted octanol–water partition coefficient (Wildman–Crippen LogP) is 7.34. The van der Waals surface area contributed by atoms with Gasteiger partial charge in [0, 0.05) is 18.0 Å². The summed E-state index contributed by atoms with van der Waals surface area (Å²) in [5.41, 5.74) is -1.15. The van der Waals surface area contributed by atoms with Gasteiger partial charge in [0.1, 0.15) is 5.69 Å². The van der Waals surface area contributed by atoms with Crippen LogP contribution < -0.4 is 19.4 Å². The Morgan fingerprint density at radius 2 is 1.56 bits per heavy atom. The highest BCUT2D eigenvalue weighted by atomic mass is 35.5. The molecular formula is C41H33Cl2F3N4O7. The zero-order chi connectivity index (χ0) is 40.7. The Labute approximate surface area is 334 Å². The number of aromatic hydroxyl groups is 1. The first kappa shape index (κ1) is 38.3. The zero-order valence-corrected chi connectivity index (χ0v) is 32.0. The van der Waals surface area contributed by atoms with E-state index in [2.05, 4.69) is 4.98 Å². The van der Waals surface area contributed by atoms with E-state index in [1.807, 2.05) is 6.08 Å². The molecule has 4 amide bonds. The van der Waals surface area contributed by atoms with Crippen LogP contribution in [0.4, 0.5) is 24.7 Å². The molecule has 0 spiro atoms. The third kappa shape index (κ3) is 5.66. The third-order valence-corrected chi connectivity index (χ3v) is 12.2. The molecule has 2 saturated heterocycles. The number of ether oxygens (including phenoxy) is 2. The van der Waals surface area contributed by atoms with Crippen molar-refractivity contribution in [3.05, 3.63) is 117 Å². The molecule has 294 valence electrons. The maximum atomic E-state index is 15.5. The molecule has 16 heteroatoms. The highest BCUT2D eigenvalue weighted by Gasteiger charge is 2.70. The van der Waals surface area contributed by atoms with Crippen LogP contribution in [0.15, 0.2) is 90.5 Å². The summed E-state index contributed by atoms with van der Waals surface area (Å²) in [6.45, 7) is 0. The summed E-state index contributed by atoms with van der Waals surface area (Å²) in [4.78, 5) is 64.2. The number of carbonyl (C=O) groups is 4. The molecule has 11 nitrogen and oxygen atoms in total. The number of pyridine rings is 1. The van der Waals surface area contributed by atoms with Crippen LogP contribution in [0.1, 0.15) is 35.6 Å². The lowest BCUT2D eigenvalue weighted by molar-refractivity contribution is -0.141. The average molecular weight is 822 g/mol. The molecule has 2 aliphatic heterocycles. The summed E-state index contributed by atoms with van der Waals surface area (Å²) >= 11 is 12.7. The number of amides is 4. The number of anilines is 2. The normalized spacial score (nSPS) is 25.5. The number of nitrogens with zero attached hydrogens (tertiary/aromatic N) is 4. The van der Waals surface area contributed by atoms with Crippen molar-refractivity contribution in [1.29, 1.82) is 0 Å². The minimum absolute atomic E-state index is 0.0215. The SMILES string of the molecule is COc1cc(C2C3=CCC4C(=O)N(N(C)c5nc(C(F)(F)F)ccc5Cl)C(=O)C4C3CC3C(=O)N(c4cccc(Cl)c4)C(=O)C32c2ccccc2)cc(OC)c1O. The van der Waals surface area contributed by atoms with Gasteiger partial charge in [-0.2, -0.15) is 18.2 Å². The first-order valence-corrected chi connectivity index (χ1v) is 18.6. The quantitative estimate of drug-likeness (QED) is 0.150. The number of phenolic OH excluding ortho intramolecular Hbond substituents is 1. The van der Waals surface area contributed by atoms with E-state index in [-0.39, 0.29) is 45.8 Å². The fourth-order valence-corrected chi connectivity index (χ4v) is 9.80. The fraction of sp³-hybridized carbons (Fsp3) is 0.293. The number of hydrogen-bond donors (Lipinski definition) is 1. The van der Waals surface area contributed by atoms with Gasteiger partial charge in [-0.25, -0.2) is 9.88 Å². The lowest BCUT2D eigenvalue weighted by Gasteiger charge is -2.50. The highest BCUT2D eigenvalue weighted by molar-refractivity contribution is 6.33. The Morgan fingerprint density at radius 1 is 0.877 bits per heavy atom. The van der Waals surface area contributed by atoms with Crippen LogP contribution in [0.3, 0.4) is 0 Å². The van der Waals surface area contributed by atoms with Crippen molar-refractivity contribution in [2.45, 2.75) is 30.4 Å². The van der Waals surface area contributed by atoms with Crippen LogP contribution >= 0.6 is 23.2 Å². The molecule has 1 saturated carbocycles. The van der Waals surface area contributed by atoms with E-state index in [0.29, 0.717) is 22.8 Å². The van der Waals surface area contributed by atoms with Gasteiger partial charge < -0.3 is 14.6 Å². The summed E-state index contributed by atoms with van der Waals surface area (Å²) in [5, 5.41) is 12.7. The van der Waals surface area contributed by atoms with Crippen molar-refractivity contribution in [2.75, 3.05) is 31.2 Å². The van der Waals surface area contributed by atoms with E-state index in [9.17, 15) is 27.9 Å². The summed E-state index contributed by atoms with van der Waals surface area (Å²) in [6.07, 6.45) is -3.05. The summed E-state index contributed by atoms with van der Waals surface area (Å²) in [7, 11) is 3.94. The van der Waals surface area contributed by atoms with Crippen molar-refractivity contribution in [1.82, 2.24) is 9.99 Å². The maximum Gasteiger partial charge on any atom is 0.433 e. The van der Waals surface area contributed by atoms with Crippen molar-refractivity contribution >= 4 is 58.3 Å². The molecular weight excluding hydrogens is 788 g/mol. The third-order valence-electron chi connectivity index (χ3n) is 11.7. The summed E-state index contributed by atoms with van der Waals surface area (Å²) in [5.74, 6) is -8.23. The number of allylic oxidation sites excluding steroid dienone is 2. The Bertz CT molecular complexity index is 2370. The first-order valence-electron chi connectivity index (χ1n) is 17.8. The Hall–Kier alpha value is -5.60. The molecule has 1 aromatic heterocycles. The van der Waals surface area contributed by atoms with Crippen LogP contribution in [-0.2, 0) is 30.8 Å². The van der Waals surface area contributed by atoms with Crippen LogP contribution in [0, 0.1) is 23.7 Å². The number of hydrazine groups is 1. The van der Waals surface area contributed by atoms with Gasteiger partial charge in [0.25, 0.3) is 11.8 Å². The van der Waals surface area contributed by atoms with E-state index < -0.39 is 76.3 Å². The molecule has 0 bridgehead atoms. The summed E-state index contributed by atoms with van der Waals surface area (Å²) in [6, 6.07) is 20.0. The largest absolute Gasteiger partial charge is 0.502 e. The number of fused-ring (bicyclic) bond motifs is 4. The molecule has 57 heavy (non-hydrogen) atoms. The van der Waals surface area contributed by atoms with Gasteiger partial charge in [-0.1, -0.05) is 71.2 Å². The Balaban J connectivity index is 1.33. The maximum absolute atomic E-state index is 15.5. The molecule has 4 aliphatic rings. The number of benzene rings is 3. The van der Waals surface area contributed by atoms with Gasteiger partial charge in [0.05, 0.1) is 48.1 Å². The molecule has 4 aromatic rings. The van der Waals surface area contributed by atoms with E-state index >= 15 is 9.59 Å². The van der Waals surface area contributed by atoms with Crippen molar-refractivity contribution in [3.63, 3.8) is 0 Å². The number of rotatable bonds is 7. The van der Waals surface area contributed by atoms with Gasteiger partial charge in [-0.3, -0.25) is 24.2 Å². The van der Waals surface area contributed by atoms with Gasteiger partial charge >= 0.3 is 6.18 Å². The number of aromatic nitrogens is 1. The lowest BCUT2D eigenvalue weighted by atomic mass is 9.49. The Kier molecular flexibility index (Phi) is 9.27. The number of methoxy groups -OCH3 is 2. The molecule has 2 aliphatic carbocycles. The van der Waals surface area contributed by atoms with Crippen LogP contribution in [0.2, 0.25) is 10.0 Å². The zero-order valence-electron chi connectivity index (χ0n) is 30.5. The number of imide groups is 2. The number of hydrogen-bond acceptors (Lipinski definition) is 9. The molecule has 3 fully saturated rings. The van der Waals surface area contributed by atoms with E-state index in [1.165, 1.54) is 27.3 Å². The minimum atomic E-state index is -4.84. The van der Waals surface area contributed by atoms with E-state index in [1.54, 1.807) is 60.7 Å². The standard InChI is InChI=1S/C41H33Cl2F3N4O7/c1-48(35-28(43)14-15-31(47-35)41(44,45)46)50-36(52)25-13-12-24-26(32(25)38(50)54)19-27-37(53)49(23-11-7-10-22(42)18-23)39(55)40(27,21-8-5-4-6-9-21)33(24)20-16-29(56-2)34(51)30(17-20)57-3/h4-12,14-18,25-27,32-33,51H,13,19H2,1-3H3. The molecule has 3 heterocycles. The van der Waals surface area contributed by atoms with Crippen LogP contribution in [0.5, 0.6) is 17.2 Å². The number of phenols is 1. The molecule has 0 radical (unpaired) electrons. The molecule has 6 unspecified atom stereocenters. The minimum Gasteiger partial charge on any atom is -0.502 e. The van der Waals surface area contributed by atoms with Crippen molar-refractivity contribution in [2.24, 2.45) is 23.7 Å². The summed E-state index contributed by atoms with van der Waals surface area (Å²) < 4.78 is 52.3. The second-order valence-corrected chi connectivity index (χ2v) is 15.2. The van der Waals surface area contributed by atoms with E-state index in [0.717, 1.165) is 21.0 Å². The average Bonchev–Trinajstić information content (AvgIpc) is 3.58. The molecule has 1 N–H and O–H groups in total. The monoisotopic (exact) mass is 820 g/mol. The predicted molar refractivity (Wildman–Crippen MR) is 202 cm³/mol. The Morgan fingerprint density at radius 3 is 2.19 bits per heavy atom. The number of alkyl halides is 3. The van der Waals surface area contributed by atoms with Crippen LogP contribution in [0.25, 0.3) is 0 Å². The molecule has 6 atom stereocenters. The van der Waals surface area contributed by atoms with Crippen molar-refractivity contribution in [3.8, 4) is 17.2 Å². The second kappa shape index (κ2) is 13.8. The molecule has 8 rings (SSSR count). The number of halogens is 5. The number of carbonyl (C=O) groups excluding carboxylic acids is 4. The topological polar surface area (TPSA) is 130 Å². The van der Waals surface area contributed by atoms with Gasteiger partial charge in [0.2, 0.25) is 17.6 Å².